The second-order valence-corrected chi connectivity index (χ2v) is 13.4. The van der Waals surface area contributed by atoms with Crippen LogP contribution in [0, 0.1) is 5.92 Å². The minimum Gasteiger partial charge on any atom is -0.466 e. The summed E-state index contributed by atoms with van der Waals surface area (Å²) in [5.74, 6) is -0.587. The van der Waals surface area contributed by atoms with Crippen molar-refractivity contribution in [3.63, 3.8) is 0 Å². The van der Waals surface area contributed by atoms with Gasteiger partial charge in [0.05, 0.1) is 19.8 Å². The lowest BCUT2D eigenvalue weighted by molar-refractivity contribution is -0.149. The number of rotatable bonds is 35. The third-order valence-corrected chi connectivity index (χ3v) is 8.30. The zero-order chi connectivity index (χ0) is 35.3. The van der Waals surface area contributed by atoms with Crippen molar-refractivity contribution in [2.24, 2.45) is 5.92 Å². The maximum absolute atomic E-state index is 12.4. The molecule has 0 bridgehead atoms. The molecule has 0 saturated carbocycles. The quantitative estimate of drug-likeness (QED) is 0.0307. The molecular weight excluding hydrogens is 604 g/mol. The van der Waals surface area contributed by atoms with Crippen LogP contribution in [-0.2, 0) is 28.6 Å². The summed E-state index contributed by atoms with van der Waals surface area (Å²) in [6, 6.07) is 0. The second kappa shape index (κ2) is 36.1. The predicted octanol–water partition coefficient (Wildman–Crippen LogP) is 9.12. The molecule has 0 heterocycles. The smallest absolute Gasteiger partial charge is 0.305 e. The monoisotopic (exact) mass is 679 g/mol. The Labute approximate surface area is 295 Å². The Bertz CT molecular complexity index is 814. The van der Waals surface area contributed by atoms with Gasteiger partial charge in [-0.05, 0) is 85.5 Å². The zero-order valence-electron chi connectivity index (χ0n) is 31.6. The number of nitrogens with zero attached hydrogens (tertiary/aromatic N) is 1. The van der Waals surface area contributed by atoms with Crippen LogP contribution in [-0.4, -0.2) is 76.4 Å². The van der Waals surface area contributed by atoms with E-state index in [0.717, 1.165) is 90.1 Å². The molecule has 280 valence electrons. The molecule has 48 heavy (non-hydrogen) atoms. The van der Waals surface area contributed by atoms with Gasteiger partial charge in [0.1, 0.15) is 0 Å². The number of ether oxygens (including phenoxy) is 3. The predicted molar refractivity (Wildman–Crippen MR) is 199 cm³/mol. The van der Waals surface area contributed by atoms with Crippen LogP contribution in [0.2, 0.25) is 0 Å². The first-order valence-corrected chi connectivity index (χ1v) is 19.5. The van der Waals surface area contributed by atoms with Crippen LogP contribution in [0.3, 0.4) is 0 Å². The highest BCUT2D eigenvalue weighted by Gasteiger charge is 2.15. The summed E-state index contributed by atoms with van der Waals surface area (Å²) in [5.41, 5.74) is 0. The molecule has 0 fully saturated rings. The molecule has 0 amide bonds. The van der Waals surface area contributed by atoms with Gasteiger partial charge in [0.15, 0.2) is 0 Å². The summed E-state index contributed by atoms with van der Waals surface area (Å²) < 4.78 is 16.5. The number of carbonyl (C=O) groups excluding carboxylic acids is 3. The lowest BCUT2D eigenvalue weighted by Gasteiger charge is -2.18. The minimum absolute atomic E-state index is 0.0785. The number of nitrogens with one attached hydrogen (secondary N) is 1. The Balaban J connectivity index is 4.10. The van der Waals surface area contributed by atoms with Crippen LogP contribution in [0.1, 0.15) is 155 Å². The van der Waals surface area contributed by atoms with Crippen molar-refractivity contribution in [2.45, 2.75) is 155 Å². The van der Waals surface area contributed by atoms with Gasteiger partial charge < -0.3 is 24.4 Å². The maximum Gasteiger partial charge on any atom is 0.305 e. The Kier molecular flexibility index (Phi) is 34.5. The van der Waals surface area contributed by atoms with Crippen molar-refractivity contribution in [3.05, 3.63) is 24.3 Å². The minimum atomic E-state index is -0.221. The van der Waals surface area contributed by atoms with E-state index in [1.807, 2.05) is 6.92 Å². The number of unbranched alkanes of at least 4 members (excludes halogenated alkanes) is 14. The van der Waals surface area contributed by atoms with Gasteiger partial charge in [-0.25, -0.2) is 0 Å². The van der Waals surface area contributed by atoms with E-state index in [0.29, 0.717) is 32.4 Å². The summed E-state index contributed by atoms with van der Waals surface area (Å²) in [7, 11) is 4.11. The fourth-order valence-electron chi connectivity index (χ4n) is 5.26. The van der Waals surface area contributed by atoms with Crippen molar-refractivity contribution in [1.82, 2.24) is 10.2 Å². The summed E-state index contributed by atoms with van der Waals surface area (Å²) in [4.78, 5) is 38.9. The van der Waals surface area contributed by atoms with Crippen LogP contribution in [0.5, 0.6) is 0 Å². The lowest BCUT2D eigenvalue weighted by Crippen LogP contribution is -2.32. The summed E-state index contributed by atoms with van der Waals surface area (Å²) in [6.07, 6.45) is 30.2. The first-order valence-electron chi connectivity index (χ1n) is 19.5. The number of esters is 3. The van der Waals surface area contributed by atoms with E-state index >= 15 is 0 Å². The van der Waals surface area contributed by atoms with Crippen LogP contribution in [0.4, 0.5) is 0 Å². The Morgan fingerprint density at radius 1 is 0.625 bits per heavy atom. The van der Waals surface area contributed by atoms with Gasteiger partial charge in [0.25, 0.3) is 0 Å². The second-order valence-electron chi connectivity index (χ2n) is 13.4. The molecule has 1 N–H and O–H groups in total. The Morgan fingerprint density at radius 2 is 1.15 bits per heavy atom. The van der Waals surface area contributed by atoms with E-state index < -0.39 is 0 Å². The fourth-order valence-corrected chi connectivity index (χ4v) is 5.26. The molecule has 8 heteroatoms. The summed E-state index contributed by atoms with van der Waals surface area (Å²) in [5, 5.41) is 3.43. The number of carbonyl (C=O) groups is 3. The number of hydrogen-bond donors (Lipinski definition) is 1. The van der Waals surface area contributed by atoms with Crippen LogP contribution >= 0.6 is 0 Å². The fraction of sp³-hybridized carbons (Fsp3) is 0.825. The van der Waals surface area contributed by atoms with Gasteiger partial charge >= 0.3 is 17.9 Å². The third kappa shape index (κ3) is 35.1. The highest BCUT2D eigenvalue weighted by molar-refractivity contribution is 5.70. The molecule has 1 atom stereocenters. The number of hydrogen-bond acceptors (Lipinski definition) is 8. The Morgan fingerprint density at radius 3 is 1.71 bits per heavy atom. The molecule has 0 rings (SSSR count). The summed E-state index contributed by atoms with van der Waals surface area (Å²) >= 11 is 0. The lowest BCUT2D eigenvalue weighted by atomic mass is 10.1. The average molecular weight is 679 g/mol. The van der Waals surface area contributed by atoms with Gasteiger partial charge in [-0.3, -0.25) is 14.4 Å². The molecule has 0 aromatic carbocycles. The van der Waals surface area contributed by atoms with E-state index in [1.54, 1.807) is 0 Å². The normalized spacial score (nSPS) is 12.3. The highest BCUT2D eigenvalue weighted by Crippen LogP contribution is 2.11. The summed E-state index contributed by atoms with van der Waals surface area (Å²) in [6.45, 7) is 7.76. The molecule has 0 saturated heterocycles. The average Bonchev–Trinajstić information content (AvgIpc) is 3.06. The van der Waals surface area contributed by atoms with Gasteiger partial charge in [-0.2, -0.15) is 0 Å². The van der Waals surface area contributed by atoms with E-state index in [2.05, 4.69) is 55.5 Å². The van der Waals surface area contributed by atoms with Crippen molar-refractivity contribution < 1.29 is 28.6 Å². The van der Waals surface area contributed by atoms with Gasteiger partial charge in [-0.15, -0.1) is 0 Å². The molecule has 0 aromatic rings. The molecule has 0 spiro atoms. The molecular formula is C40H74N2O6. The van der Waals surface area contributed by atoms with Crippen molar-refractivity contribution in [3.8, 4) is 0 Å². The first-order chi connectivity index (χ1) is 23.4. The topological polar surface area (TPSA) is 94.2 Å². The van der Waals surface area contributed by atoms with E-state index in [-0.39, 0.29) is 37.0 Å². The van der Waals surface area contributed by atoms with Crippen molar-refractivity contribution in [2.75, 3.05) is 53.6 Å². The maximum atomic E-state index is 12.4. The molecule has 0 radical (unpaired) electrons. The molecule has 1 unspecified atom stereocenters. The standard InChI is InChI=1S/C40H74N2O6/c1-5-7-9-11-13-14-15-16-17-19-23-29-39(44)47-35-37(34-41-31-27-32-42(3)4)36-48-40(45)30-25-21-20-24-28-38(43)46-33-26-22-18-12-10-8-6-2/h5,7,11,13,37,41H,6,8-10,12,14-36H2,1-4H3/b7-5-,13-11-. The molecule has 0 aliphatic rings. The van der Waals surface area contributed by atoms with E-state index in [4.69, 9.17) is 14.2 Å². The highest BCUT2D eigenvalue weighted by atomic mass is 16.5. The molecule has 0 aromatic heterocycles. The van der Waals surface area contributed by atoms with Gasteiger partial charge in [-0.1, -0.05) is 102 Å². The zero-order valence-corrected chi connectivity index (χ0v) is 31.6. The SMILES string of the molecule is C/C=C\C/C=C\CCCCCCCC(=O)OCC(CNCCCN(C)C)COC(=O)CCCCCCC(=O)OCCCCCCCCC. The van der Waals surface area contributed by atoms with Crippen LogP contribution in [0.25, 0.3) is 0 Å². The first kappa shape index (κ1) is 45.8. The third-order valence-electron chi connectivity index (χ3n) is 8.30. The Hall–Kier alpha value is -2.19. The van der Waals surface area contributed by atoms with Crippen LogP contribution in [0.15, 0.2) is 24.3 Å². The number of allylic oxidation sites excluding steroid dienone is 4. The van der Waals surface area contributed by atoms with E-state index in [9.17, 15) is 14.4 Å². The molecule has 8 nitrogen and oxygen atoms in total. The van der Waals surface area contributed by atoms with Crippen molar-refractivity contribution >= 4 is 17.9 Å². The molecule has 0 aliphatic carbocycles. The van der Waals surface area contributed by atoms with Crippen molar-refractivity contribution in [1.29, 1.82) is 0 Å². The largest absolute Gasteiger partial charge is 0.466 e. The molecule has 0 aliphatic heterocycles. The van der Waals surface area contributed by atoms with Gasteiger partial charge in [0, 0.05) is 31.7 Å². The van der Waals surface area contributed by atoms with Crippen LogP contribution < -0.4 is 5.32 Å². The van der Waals surface area contributed by atoms with E-state index in [1.165, 1.54) is 44.9 Å². The van der Waals surface area contributed by atoms with Gasteiger partial charge in [0.2, 0.25) is 0 Å².